The quantitative estimate of drug-likeness (QED) is 0.0393. The third-order valence-electron chi connectivity index (χ3n) is 10.0. The predicted molar refractivity (Wildman–Crippen MR) is 206 cm³/mol. The molecule has 4 atom stereocenters. The molecule has 0 fully saturated rings. The van der Waals surface area contributed by atoms with E-state index in [1.54, 1.807) is 48.5 Å². The number of hydrogen-bond donors (Lipinski definition) is 8. The highest BCUT2D eigenvalue weighted by Gasteiger charge is 2.23. The van der Waals surface area contributed by atoms with Crippen molar-refractivity contribution < 1.29 is 40.9 Å². The third kappa shape index (κ3) is 16.1. The van der Waals surface area contributed by atoms with Crippen LogP contribution < -0.4 is 0 Å². The van der Waals surface area contributed by atoms with Gasteiger partial charge in [-0.15, -0.1) is 0 Å². The summed E-state index contributed by atoms with van der Waals surface area (Å²) in [4.78, 5) is 0. The number of aliphatic hydroxyl groups excluding tert-OH is 4. The molecule has 284 valence electrons. The van der Waals surface area contributed by atoms with Gasteiger partial charge in [0.1, 0.15) is 23.0 Å². The van der Waals surface area contributed by atoms with Crippen molar-refractivity contribution >= 4 is 0 Å². The van der Waals surface area contributed by atoms with Gasteiger partial charge in [-0.05, 0) is 159 Å². The molecule has 4 rings (SSSR count). The number of benzene rings is 4. The van der Waals surface area contributed by atoms with E-state index in [0.29, 0.717) is 23.7 Å². The summed E-state index contributed by atoms with van der Waals surface area (Å²) in [6.07, 6.45) is 10.4. The molecule has 0 saturated carbocycles. The highest BCUT2D eigenvalue weighted by molar-refractivity contribution is 5.29. The molecule has 8 nitrogen and oxygen atoms in total. The van der Waals surface area contributed by atoms with E-state index in [4.69, 9.17) is 10.2 Å². The molecule has 0 saturated heterocycles. The van der Waals surface area contributed by atoms with Crippen LogP contribution >= 0.6 is 0 Å². The fourth-order valence-electron chi connectivity index (χ4n) is 7.13. The lowest BCUT2D eigenvalue weighted by Crippen LogP contribution is -2.21. The van der Waals surface area contributed by atoms with Crippen molar-refractivity contribution in [3.63, 3.8) is 0 Å². The SMILES string of the molecule is OCCCC[C@@H](Cc1ccc(O)cc1)[C@@H](CCO)Cc1ccc(O)cc1.OCCCC[C@H](Cc1ccc(O)cc1)[C@H](CCO)Cc1ccc(O)cc1. The van der Waals surface area contributed by atoms with Gasteiger partial charge in [-0.2, -0.15) is 0 Å². The fourth-order valence-corrected chi connectivity index (χ4v) is 7.13. The van der Waals surface area contributed by atoms with Crippen LogP contribution in [0.4, 0.5) is 0 Å². The van der Waals surface area contributed by atoms with Gasteiger partial charge >= 0.3 is 0 Å². The molecule has 0 aromatic heterocycles. The minimum absolute atomic E-state index is 0.148. The molecule has 0 unspecified atom stereocenters. The maximum Gasteiger partial charge on any atom is 0.115 e. The van der Waals surface area contributed by atoms with Crippen LogP contribution in [0.3, 0.4) is 0 Å². The second kappa shape index (κ2) is 24.2. The van der Waals surface area contributed by atoms with Crippen molar-refractivity contribution in [3.8, 4) is 23.0 Å². The summed E-state index contributed by atoms with van der Waals surface area (Å²) in [7, 11) is 0. The van der Waals surface area contributed by atoms with Crippen molar-refractivity contribution in [1.29, 1.82) is 0 Å². The van der Waals surface area contributed by atoms with Crippen LogP contribution in [-0.2, 0) is 25.7 Å². The van der Waals surface area contributed by atoms with E-state index in [2.05, 4.69) is 0 Å². The number of unbranched alkanes of at least 4 members (excludes halogenated alkanes) is 2. The number of rotatable bonds is 22. The summed E-state index contributed by atoms with van der Waals surface area (Å²) >= 11 is 0. The lowest BCUT2D eigenvalue weighted by atomic mass is 9.78. The molecule has 0 spiro atoms. The number of aromatic hydroxyl groups is 4. The molecule has 0 radical (unpaired) electrons. The first-order chi connectivity index (χ1) is 25.2. The smallest absolute Gasteiger partial charge is 0.115 e. The van der Waals surface area contributed by atoms with Gasteiger partial charge < -0.3 is 40.9 Å². The second-order valence-electron chi connectivity index (χ2n) is 14.0. The zero-order valence-electron chi connectivity index (χ0n) is 30.4. The number of phenols is 4. The molecule has 0 aliphatic rings. The molecule has 52 heavy (non-hydrogen) atoms. The van der Waals surface area contributed by atoms with Crippen molar-refractivity contribution in [2.24, 2.45) is 23.7 Å². The van der Waals surface area contributed by atoms with Gasteiger partial charge in [0.2, 0.25) is 0 Å². The van der Waals surface area contributed by atoms with Gasteiger partial charge in [0.15, 0.2) is 0 Å². The maximum absolute atomic E-state index is 9.57. The van der Waals surface area contributed by atoms with E-state index >= 15 is 0 Å². The van der Waals surface area contributed by atoms with E-state index in [1.807, 2.05) is 48.5 Å². The molecule has 8 heteroatoms. The zero-order valence-corrected chi connectivity index (χ0v) is 30.4. The Morgan fingerprint density at radius 2 is 0.519 bits per heavy atom. The van der Waals surface area contributed by atoms with E-state index in [9.17, 15) is 30.6 Å². The minimum Gasteiger partial charge on any atom is -0.508 e. The Labute approximate surface area is 309 Å². The fraction of sp³-hybridized carbons (Fsp3) is 0.455. The van der Waals surface area contributed by atoms with Crippen LogP contribution in [0.15, 0.2) is 97.1 Å². The number of hydrogen-bond acceptors (Lipinski definition) is 8. The Kier molecular flexibility index (Phi) is 19.7. The Morgan fingerprint density at radius 3 is 0.731 bits per heavy atom. The van der Waals surface area contributed by atoms with Crippen molar-refractivity contribution in [2.75, 3.05) is 26.4 Å². The molecule has 0 heterocycles. The largest absolute Gasteiger partial charge is 0.508 e. The number of aliphatic hydroxyl groups is 4. The molecule has 0 bridgehead atoms. The summed E-state index contributed by atoms with van der Waals surface area (Å²) in [5.41, 5.74) is 4.65. The monoisotopic (exact) mass is 716 g/mol. The molecule has 4 aromatic carbocycles. The first kappa shape index (κ1) is 42.3. The van der Waals surface area contributed by atoms with Crippen LogP contribution in [0.5, 0.6) is 23.0 Å². The summed E-state index contributed by atoms with van der Waals surface area (Å²) in [5.74, 6) is 2.45. The van der Waals surface area contributed by atoms with Crippen molar-refractivity contribution in [3.05, 3.63) is 119 Å². The summed E-state index contributed by atoms with van der Waals surface area (Å²) < 4.78 is 0. The molecular formula is C44H60O8. The Balaban J connectivity index is 0.000000280. The van der Waals surface area contributed by atoms with E-state index < -0.39 is 0 Å². The van der Waals surface area contributed by atoms with E-state index in [0.717, 1.165) is 88.2 Å². The van der Waals surface area contributed by atoms with Gasteiger partial charge in [-0.3, -0.25) is 0 Å². The van der Waals surface area contributed by atoms with Crippen molar-refractivity contribution in [2.45, 2.75) is 77.0 Å². The lowest BCUT2D eigenvalue weighted by Gasteiger charge is -2.27. The minimum atomic E-state index is 0.148. The van der Waals surface area contributed by atoms with Gasteiger partial charge in [0, 0.05) is 26.4 Å². The molecular weight excluding hydrogens is 656 g/mol. The summed E-state index contributed by atoms with van der Waals surface area (Å²) in [6.45, 7) is 0.701. The first-order valence-electron chi connectivity index (χ1n) is 18.8. The molecule has 0 aliphatic heterocycles. The standard InChI is InChI=1S/2C22H30O4/c2*23-13-2-1-3-19(15-17-4-8-21(25)9-5-17)20(12-14-24)16-18-6-10-22(26)11-7-18/h2*4-11,19-20,23-26H,1-3,12-16H2/t2*19-,20-/m10/s1. The van der Waals surface area contributed by atoms with Crippen molar-refractivity contribution in [1.82, 2.24) is 0 Å². The van der Waals surface area contributed by atoms with Gasteiger partial charge in [0.05, 0.1) is 0 Å². The molecule has 8 N–H and O–H groups in total. The molecule has 0 aliphatic carbocycles. The van der Waals surface area contributed by atoms with Crippen LogP contribution in [0.1, 0.15) is 73.6 Å². The van der Waals surface area contributed by atoms with Crippen LogP contribution in [0.2, 0.25) is 0 Å². The zero-order chi connectivity index (χ0) is 37.6. The lowest BCUT2D eigenvalue weighted by molar-refractivity contribution is 0.203. The van der Waals surface area contributed by atoms with Gasteiger partial charge in [-0.1, -0.05) is 61.4 Å². The predicted octanol–water partition coefficient (Wildman–Crippen LogP) is 7.32. The topological polar surface area (TPSA) is 162 Å². The summed E-state index contributed by atoms with van der Waals surface area (Å²) in [6, 6.07) is 29.2. The Bertz CT molecular complexity index is 1360. The van der Waals surface area contributed by atoms with Crippen LogP contribution in [0.25, 0.3) is 0 Å². The molecule has 0 amide bonds. The highest BCUT2D eigenvalue weighted by Crippen LogP contribution is 2.31. The third-order valence-corrected chi connectivity index (χ3v) is 10.0. The number of phenolic OH excluding ortho intramolecular Hbond substituents is 4. The van der Waals surface area contributed by atoms with Gasteiger partial charge in [0.25, 0.3) is 0 Å². The van der Waals surface area contributed by atoms with Crippen LogP contribution in [0, 0.1) is 23.7 Å². The second-order valence-corrected chi connectivity index (χ2v) is 14.0. The maximum atomic E-state index is 9.57. The van der Waals surface area contributed by atoms with E-state index in [1.165, 1.54) is 11.1 Å². The van der Waals surface area contributed by atoms with Gasteiger partial charge in [-0.25, -0.2) is 0 Å². The Morgan fingerprint density at radius 1 is 0.288 bits per heavy atom. The average Bonchev–Trinajstić information content (AvgIpc) is 3.14. The Hall–Kier alpha value is -4.08. The average molecular weight is 717 g/mol. The summed E-state index contributed by atoms with van der Waals surface area (Å²) in [5, 5.41) is 75.3. The van der Waals surface area contributed by atoms with Crippen LogP contribution in [-0.4, -0.2) is 67.3 Å². The highest BCUT2D eigenvalue weighted by atomic mass is 16.3. The first-order valence-corrected chi connectivity index (χ1v) is 18.8. The normalized spacial score (nSPS) is 13.5. The molecule has 4 aromatic rings. The van der Waals surface area contributed by atoms with E-state index in [-0.39, 0.29) is 49.4 Å².